The van der Waals surface area contributed by atoms with E-state index in [9.17, 15) is 9.18 Å². The van der Waals surface area contributed by atoms with E-state index in [-0.39, 0.29) is 13.0 Å². The molecule has 1 amide bonds. The zero-order valence-corrected chi connectivity index (χ0v) is 23.5. The molecule has 0 radical (unpaired) electrons. The first-order valence-electron chi connectivity index (χ1n) is 13.8. The number of piperazine rings is 1. The predicted molar refractivity (Wildman–Crippen MR) is 156 cm³/mol. The third kappa shape index (κ3) is 6.93. The van der Waals surface area contributed by atoms with E-state index in [0.29, 0.717) is 52.0 Å². The normalized spacial score (nSPS) is 14.3. The summed E-state index contributed by atoms with van der Waals surface area (Å²) >= 11 is 0. The number of hydrogen-bond donors (Lipinski definition) is 3. The lowest BCUT2D eigenvalue weighted by Gasteiger charge is -2.34. The van der Waals surface area contributed by atoms with Crippen LogP contribution in [-0.4, -0.2) is 101 Å². The molecule has 5 rings (SSSR count). The number of nitrogens with zero attached hydrogens (tertiary/aromatic N) is 6. The number of methoxy groups -OCH3 is 1. The van der Waals surface area contributed by atoms with Gasteiger partial charge in [-0.05, 0) is 30.7 Å². The Morgan fingerprint density at radius 2 is 1.88 bits per heavy atom. The van der Waals surface area contributed by atoms with Gasteiger partial charge < -0.3 is 25.2 Å². The molecule has 42 heavy (non-hydrogen) atoms. The van der Waals surface area contributed by atoms with Gasteiger partial charge in [0, 0.05) is 62.5 Å². The van der Waals surface area contributed by atoms with Crippen molar-refractivity contribution < 1.29 is 23.8 Å². The number of nitrogens with two attached hydrogens (primary N) is 1. The molecule has 0 unspecified atom stereocenters. The molecule has 0 atom stereocenters. The molecule has 222 valence electrons. The topological polar surface area (TPSA) is 146 Å². The van der Waals surface area contributed by atoms with Gasteiger partial charge in [0.1, 0.15) is 18.0 Å². The van der Waals surface area contributed by atoms with E-state index >= 15 is 0 Å². The molecule has 0 saturated carbocycles. The number of β-amino-alcohol motifs (C(OH)–C–C–N with tert-alkyl or cyclic N) is 1. The molecule has 1 aliphatic rings. The Hall–Kier alpha value is -4.33. The number of rotatable bonds is 13. The summed E-state index contributed by atoms with van der Waals surface area (Å²) in [5, 5.41) is 16.9. The molecule has 0 aliphatic carbocycles. The number of carbonyl (C=O) groups excluding carboxylic acids is 1. The highest BCUT2D eigenvalue weighted by Crippen LogP contribution is 2.40. The first-order chi connectivity index (χ1) is 20.4. The van der Waals surface area contributed by atoms with Gasteiger partial charge in [-0.25, -0.2) is 14.4 Å². The van der Waals surface area contributed by atoms with Crippen LogP contribution in [0.25, 0.3) is 10.9 Å². The quantitative estimate of drug-likeness (QED) is 0.202. The molecule has 12 nitrogen and oxygen atoms in total. The first-order valence-corrected chi connectivity index (χ1v) is 13.8. The highest BCUT2D eigenvalue weighted by atomic mass is 19.1. The summed E-state index contributed by atoms with van der Waals surface area (Å²) in [7, 11) is 1.57. The van der Waals surface area contributed by atoms with Gasteiger partial charge in [-0.1, -0.05) is 6.07 Å². The van der Waals surface area contributed by atoms with Crippen molar-refractivity contribution in [1.82, 2.24) is 30.0 Å². The number of aliphatic hydroxyl groups is 1. The summed E-state index contributed by atoms with van der Waals surface area (Å²) in [4.78, 5) is 26.8. The Kier molecular flexibility index (Phi) is 9.41. The van der Waals surface area contributed by atoms with Crippen molar-refractivity contribution in [3.05, 3.63) is 60.3 Å². The van der Waals surface area contributed by atoms with Crippen LogP contribution in [0.2, 0.25) is 0 Å². The average molecular weight is 579 g/mol. The molecule has 0 bridgehead atoms. The second-order valence-electron chi connectivity index (χ2n) is 10.0. The van der Waals surface area contributed by atoms with Crippen LogP contribution in [0.1, 0.15) is 12.1 Å². The number of hydrogen-bond acceptors (Lipinski definition) is 10. The minimum atomic E-state index is -0.507. The standard InChI is InChI=1S/C29H35FN8O4/c1-41-25-17-23-24(18-26(25)42-13-3-6-36-7-9-37(10-8-36)11-12-39)32-19-33-29(23)38(22-5-2-4-20(30)14-22)28-16-21(34-35-28)15-27(31)40/h2,4-5,14,16-19,39H,3,6-13,15H2,1H3,(H2,31,40)(H,34,35). The minimum absolute atomic E-state index is 0.0248. The zero-order chi connectivity index (χ0) is 29.5. The Balaban J connectivity index is 1.38. The Morgan fingerprint density at radius 1 is 1.10 bits per heavy atom. The maximum absolute atomic E-state index is 14.3. The van der Waals surface area contributed by atoms with Crippen LogP contribution >= 0.6 is 0 Å². The Labute approximate surface area is 242 Å². The second kappa shape index (κ2) is 13.6. The van der Waals surface area contributed by atoms with Crippen molar-refractivity contribution in [3.8, 4) is 11.5 Å². The fourth-order valence-corrected chi connectivity index (χ4v) is 5.07. The van der Waals surface area contributed by atoms with Crippen LogP contribution in [0.5, 0.6) is 11.5 Å². The van der Waals surface area contributed by atoms with Crippen LogP contribution in [0.15, 0.2) is 48.8 Å². The highest BCUT2D eigenvalue weighted by Gasteiger charge is 2.22. The van der Waals surface area contributed by atoms with E-state index in [0.717, 1.165) is 45.7 Å². The van der Waals surface area contributed by atoms with Gasteiger partial charge in [-0.2, -0.15) is 5.10 Å². The van der Waals surface area contributed by atoms with Crippen molar-refractivity contribution in [2.45, 2.75) is 12.8 Å². The first kappa shape index (κ1) is 29.2. The largest absolute Gasteiger partial charge is 0.493 e. The van der Waals surface area contributed by atoms with Crippen molar-refractivity contribution in [2.75, 3.05) is 64.5 Å². The number of amides is 1. The number of H-pyrrole nitrogens is 1. The van der Waals surface area contributed by atoms with E-state index in [1.807, 2.05) is 0 Å². The summed E-state index contributed by atoms with van der Waals surface area (Å²) in [6.07, 6.45) is 2.24. The fraction of sp³-hybridized carbons (Fsp3) is 0.379. The van der Waals surface area contributed by atoms with Crippen molar-refractivity contribution in [1.29, 1.82) is 0 Å². The smallest absolute Gasteiger partial charge is 0.223 e. The summed E-state index contributed by atoms with van der Waals surface area (Å²) in [5.74, 6) is 0.966. The molecule has 2 aromatic heterocycles. The number of primary amides is 1. The number of fused-ring (bicyclic) bond motifs is 1. The summed E-state index contributed by atoms with van der Waals surface area (Å²) in [5.41, 5.74) is 6.95. The number of carbonyl (C=O) groups is 1. The number of aromatic nitrogens is 4. The lowest BCUT2D eigenvalue weighted by atomic mass is 10.1. The molecule has 13 heteroatoms. The van der Waals surface area contributed by atoms with Gasteiger partial charge in [-0.3, -0.25) is 19.7 Å². The predicted octanol–water partition coefficient (Wildman–Crippen LogP) is 2.38. The third-order valence-corrected chi connectivity index (χ3v) is 7.15. The highest BCUT2D eigenvalue weighted by molar-refractivity contribution is 5.96. The number of nitrogens with one attached hydrogen (secondary N) is 1. The van der Waals surface area contributed by atoms with E-state index < -0.39 is 11.7 Å². The molecule has 4 aromatic rings. The number of benzene rings is 2. The van der Waals surface area contributed by atoms with Gasteiger partial charge in [0.15, 0.2) is 17.3 Å². The number of halogens is 1. The molecule has 0 spiro atoms. The van der Waals surface area contributed by atoms with Gasteiger partial charge >= 0.3 is 0 Å². The van der Waals surface area contributed by atoms with E-state index in [1.54, 1.807) is 42.3 Å². The van der Waals surface area contributed by atoms with Gasteiger partial charge in [0.05, 0.1) is 37.9 Å². The molecule has 1 saturated heterocycles. The number of ether oxygens (including phenoxy) is 2. The third-order valence-electron chi connectivity index (χ3n) is 7.15. The Morgan fingerprint density at radius 3 is 2.60 bits per heavy atom. The fourth-order valence-electron chi connectivity index (χ4n) is 5.07. The van der Waals surface area contributed by atoms with E-state index in [2.05, 4.69) is 30.0 Å². The van der Waals surface area contributed by atoms with Gasteiger partial charge in [-0.15, -0.1) is 0 Å². The molecule has 1 aliphatic heterocycles. The molecule has 2 aromatic carbocycles. The molecule has 1 fully saturated rings. The van der Waals surface area contributed by atoms with Crippen LogP contribution in [0.4, 0.5) is 21.7 Å². The maximum Gasteiger partial charge on any atom is 0.223 e. The Bertz CT molecular complexity index is 1510. The zero-order valence-electron chi connectivity index (χ0n) is 23.5. The SMILES string of the molecule is COc1cc2c(N(c3cccc(F)c3)c3cc(CC(N)=O)[nH]n3)ncnc2cc1OCCCN1CCN(CCO)CC1. The van der Waals surface area contributed by atoms with Gasteiger partial charge in [0.25, 0.3) is 0 Å². The van der Waals surface area contributed by atoms with Crippen molar-refractivity contribution >= 4 is 34.1 Å². The second-order valence-corrected chi connectivity index (χ2v) is 10.0. The summed E-state index contributed by atoms with van der Waals surface area (Å²) in [6.45, 7) is 6.20. The summed E-state index contributed by atoms with van der Waals surface area (Å²) in [6, 6.07) is 11.3. The number of anilines is 3. The summed E-state index contributed by atoms with van der Waals surface area (Å²) < 4.78 is 26.1. The van der Waals surface area contributed by atoms with E-state index in [4.69, 9.17) is 20.3 Å². The molecule has 4 N–H and O–H groups in total. The van der Waals surface area contributed by atoms with Crippen molar-refractivity contribution in [3.63, 3.8) is 0 Å². The van der Waals surface area contributed by atoms with E-state index in [1.165, 1.54) is 18.5 Å². The number of aromatic amines is 1. The number of aliphatic hydroxyl groups excluding tert-OH is 1. The van der Waals surface area contributed by atoms with Crippen molar-refractivity contribution in [2.24, 2.45) is 5.73 Å². The van der Waals surface area contributed by atoms with Crippen LogP contribution < -0.4 is 20.1 Å². The lowest BCUT2D eigenvalue weighted by Crippen LogP contribution is -2.47. The maximum atomic E-state index is 14.3. The van der Waals surface area contributed by atoms with Crippen LogP contribution in [0.3, 0.4) is 0 Å². The minimum Gasteiger partial charge on any atom is -0.493 e. The lowest BCUT2D eigenvalue weighted by molar-refractivity contribution is -0.117. The molecule has 3 heterocycles. The molecular formula is C29H35FN8O4. The average Bonchev–Trinajstić information content (AvgIpc) is 3.43. The van der Waals surface area contributed by atoms with Crippen LogP contribution in [0, 0.1) is 5.82 Å². The molecular weight excluding hydrogens is 543 g/mol. The van der Waals surface area contributed by atoms with Gasteiger partial charge in [0.2, 0.25) is 5.91 Å². The van der Waals surface area contributed by atoms with Crippen LogP contribution in [-0.2, 0) is 11.2 Å². The monoisotopic (exact) mass is 578 g/mol.